The topological polar surface area (TPSA) is 96.1 Å². The average molecular weight is 450 g/mol. The maximum absolute atomic E-state index is 13.3. The normalized spacial score (nSPS) is 17.2. The number of benzene rings is 1. The van der Waals surface area contributed by atoms with Crippen LogP contribution in [0.5, 0.6) is 0 Å². The Morgan fingerprint density at radius 3 is 2.82 bits per heavy atom. The molecule has 3 aromatic heterocycles. The van der Waals surface area contributed by atoms with Gasteiger partial charge in [-0.2, -0.15) is 10.2 Å². The van der Waals surface area contributed by atoms with E-state index in [0.29, 0.717) is 35.2 Å². The van der Waals surface area contributed by atoms with Gasteiger partial charge < -0.3 is 14.8 Å². The molecule has 1 aliphatic heterocycles. The van der Waals surface area contributed by atoms with Crippen LogP contribution in [0.15, 0.2) is 55.2 Å². The van der Waals surface area contributed by atoms with Crippen LogP contribution in [-0.4, -0.2) is 43.9 Å². The van der Waals surface area contributed by atoms with E-state index >= 15 is 0 Å². The zero-order chi connectivity index (χ0) is 22.8. The molecular weight excluding hydrogens is 427 g/mol. The third-order valence-electron chi connectivity index (χ3n) is 5.70. The fourth-order valence-corrected chi connectivity index (χ4v) is 3.92. The third-order valence-corrected chi connectivity index (χ3v) is 5.70. The summed E-state index contributed by atoms with van der Waals surface area (Å²) in [7, 11) is 0. The molecule has 0 aliphatic carbocycles. The Balaban J connectivity index is 1.38. The number of aromatic nitrogens is 5. The summed E-state index contributed by atoms with van der Waals surface area (Å²) in [5.74, 6) is -0.584. The minimum Gasteiger partial charge on any atom is -0.355 e. The fraction of sp³-hybridized carbons (Fsp3) is 0.304. The fourth-order valence-electron chi connectivity index (χ4n) is 3.92. The predicted molar refractivity (Wildman–Crippen MR) is 117 cm³/mol. The zero-order valence-electron chi connectivity index (χ0n) is 18.0. The number of nitrogens with zero attached hydrogens (tertiary/aromatic N) is 5. The highest BCUT2D eigenvalue weighted by atomic mass is 19.1. The second-order valence-electron chi connectivity index (χ2n) is 7.78. The molecule has 5 rings (SSSR count). The van der Waals surface area contributed by atoms with Gasteiger partial charge in [0.15, 0.2) is 6.23 Å². The van der Waals surface area contributed by atoms with E-state index in [9.17, 15) is 9.18 Å². The van der Waals surface area contributed by atoms with Crippen molar-refractivity contribution < 1.29 is 18.7 Å². The van der Waals surface area contributed by atoms with E-state index in [1.165, 1.54) is 18.3 Å². The number of carbonyl (C=O) groups is 1. The van der Waals surface area contributed by atoms with Crippen molar-refractivity contribution in [1.29, 1.82) is 0 Å². The van der Waals surface area contributed by atoms with E-state index in [2.05, 4.69) is 20.5 Å². The molecule has 2 atom stereocenters. The number of hydrogen-bond acceptors (Lipinski definition) is 6. The third kappa shape index (κ3) is 4.22. The highest BCUT2D eigenvalue weighted by Gasteiger charge is 2.22. The summed E-state index contributed by atoms with van der Waals surface area (Å²) < 4.78 is 27.5. The van der Waals surface area contributed by atoms with Gasteiger partial charge in [-0.05, 0) is 30.7 Å². The largest absolute Gasteiger partial charge is 0.355 e. The van der Waals surface area contributed by atoms with Gasteiger partial charge in [0.1, 0.15) is 12.6 Å². The molecule has 0 bridgehead atoms. The number of pyridine rings is 1. The second kappa shape index (κ2) is 9.08. The lowest BCUT2D eigenvalue weighted by Gasteiger charge is -2.23. The highest BCUT2D eigenvalue weighted by Crippen LogP contribution is 2.24. The van der Waals surface area contributed by atoms with Crippen molar-refractivity contribution >= 4 is 16.8 Å². The highest BCUT2D eigenvalue weighted by molar-refractivity contribution is 6.06. The monoisotopic (exact) mass is 450 g/mol. The van der Waals surface area contributed by atoms with Crippen molar-refractivity contribution in [2.24, 2.45) is 0 Å². The van der Waals surface area contributed by atoms with Crippen LogP contribution in [0, 0.1) is 5.82 Å². The van der Waals surface area contributed by atoms with Gasteiger partial charge in [-0.1, -0.05) is 6.92 Å². The molecule has 1 saturated heterocycles. The first kappa shape index (κ1) is 21.2. The Hall–Kier alpha value is -3.63. The van der Waals surface area contributed by atoms with Gasteiger partial charge in [-0.3, -0.25) is 9.78 Å². The lowest BCUT2D eigenvalue weighted by atomic mass is 10.1. The molecule has 170 valence electrons. The molecule has 9 nitrogen and oxygen atoms in total. The number of nitrogens with one attached hydrogen (secondary N) is 1. The van der Waals surface area contributed by atoms with Crippen molar-refractivity contribution in [2.45, 2.75) is 32.0 Å². The summed E-state index contributed by atoms with van der Waals surface area (Å²) in [6.45, 7) is 2.87. The zero-order valence-corrected chi connectivity index (χ0v) is 18.0. The standard InChI is InChI=1S/C23H23FN6O3/c1-2-20(15-9-26-29(13-15)22-7-8-32-14-33-22)28-23(31)19-10-25-12-21-18(19)11-27-30(21)17-5-3-16(24)4-6-17/h3-6,9-13,20,22H,2,7-8,14H2,1H3,(H,28,31)/t20-,22?/m1/s1. The van der Waals surface area contributed by atoms with Gasteiger partial charge in [0, 0.05) is 29.8 Å². The molecule has 1 amide bonds. The van der Waals surface area contributed by atoms with E-state index < -0.39 is 0 Å². The number of ether oxygens (including phenoxy) is 2. The number of fused-ring (bicyclic) bond motifs is 1. The van der Waals surface area contributed by atoms with Crippen LogP contribution in [0.1, 0.15) is 48.0 Å². The minimum absolute atomic E-state index is 0.170. The summed E-state index contributed by atoms with van der Waals surface area (Å²) in [5, 5.41) is 12.5. The van der Waals surface area contributed by atoms with E-state index in [1.54, 1.807) is 40.1 Å². The molecule has 1 N–H and O–H groups in total. The molecule has 4 heterocycles. The summed E-state index contributed by atoms with van der Waals surface area (Å²) in [5.41, 5.74) is 2.65. The van der Waals surface area contributed by atoms with Crippen LogP contribution in [0.2, 0.25) is 0 Å². The molecule has 1 unspecified atom stereocenters. The maximum Gasteiger partial charge on any atom is 0.254 e. The van der Waals surface area contributed by atoms with Crippen molar-refractivity contribution in [1.82, 2.24) is 29.9 Å². The van der Waals surface area contributed by atoms with Crippen LogP contribution >= 0.6 is 0 Å². The molecule has 10 heteroatoms. The van der Waals surface area contributed by atoms with Crippen LogP contribution in [0.3, 0.4) is 0 Å². The van der Waals surface area contributed by atoms with Crippen molar-refractivity contribution in [3.8, 4) is 5.69 Å². The quantitative estimate of drug-likeness (QED) is 0.483. The van der Waals surface area contributed by atoms with E-state index in [4.69, 9.17) is 9.47 Å². The molecular formula is C23H23FN6O3. The maximum atomic E-state index is 13.3. The number of amides is 1. The molecule has 4 aromatic rings. The van der Waals surface area contributed by atoms with Gasteiger partial charge in [-0.25, -0.2) is 13.8 Å². The average Bonchev–Trinajstić information content (AvgIpc) is 3.51. The summed E-state index contributed by atoms with van der Waals surface area (Å²) in [4.78, 5) is 17.4. The van der Waals surface area contributed by atoms with Crippen LogP contribution in [0.4, 0.5) is 4.39 Å². The molecule has 0 spiro atoms. The number of rotatable bonds is 6. The van der Waals surface area contributed by atoms with Gasteiger partial charge in [0.2, 0.25) is 0 Å². The predicted octanol–water partition coefficient (Wildman–Crippen LogP) is 3.53. The lowest BCUT2D eigenvalue weighted by molar-refractivity contribution is -0.169. The van der Waals surface area contributed by atoms with Crippen LogP contribution in [-0.2, 0) is 9.47 Å². The van der Waals surface area contributed by atoms with Gasteiger partial charge in [0.05, 0.1) is 48.0 Å². The number of hydrogen-bond donors (Lipinski definition) is 1. The van der Waals surface area contributed by atoms with Crippen molar-refractivity contribution in [2.75, 3.05) is 13.4 Å². The molecule has 0 saturated carbocycles. The first-order chi connectivity index (χ1) is 16.1. The van der Waals surface area contributed by atoms with E-state index in [0.717, 1.165) is 12.0 Å². The Kier molecular flexibility index (Phi) is 5.84. The Bertz CT molecular complexity index is 1260. The SMILES string of the molecule is CC[C@@H](NC(=O)c1cncc2c1cnn2-c1ccc(F)cc1)c1cnn(C2CCOCO2)c1. The molecule has 1 fully saturated rings. The molecule has 0 radical (unpaired) electrons. The van der Waals surface area contributed by atoms with E-state index in [-0.39, 0.29) is 30.8 Å². The smallest absolute Gasteiger partial charge is 0.254 e. The Morgan fingerprint density at radius 1 is 1.21 bits per heavy atom. The van der Waals surface area contributed by atoms with Gasteiger partial charge >= 0.3 is 0 Å². The second-order valence-corrected chi connectivity index (χ2v) is 7.78. The van der Waals surface area contributed by atoms with Crippen LogP contribution in [0.25, 0.3) is 16.6 Å². The summed E-state index contributed by atoms with van der Waals surface area (Å²) >= 11 is 0. The Labute approximate surface area is 189 Å². The van der Waals surface area contributed by atoms with Crippen molar-refractivity contribution in [3.05, 3.63) is 72.2 Å². The van der Waals surface area contributed by atoms with Gasteiger partial charge in [0.25, 0.3) is 5.91 Å². The minimum atomic E-state index is -0.328. The lowest BCUT2D eigenvalue weighted by Crippen LogP contribution is -2.28. The molecule has 33 heavy (non-hydrogen) atoms. The molecule has 1 aliphatic rings. The summed E-state index contributed by atoms with van der Waals surface area (Å²) in [6, 6.07) is 5.76. The first-order valence-electron chi connectivity index (χ1n) is 10.8. The van der Waals surface area contributed by atoms with Crippen LogP contribution < -0.4 is 5.32 Å². The summed E-state index contributed by atoms with van der Waals surface area (Å²) in [6.07, 6.45) is 9.67. The Morgan fingerprint density at radius 2 is 2.06 bits per heavy atom. The first-order valence-corrected chi connectivity index (χ1v) is 10.8. The van der Waals surface area contributed by atoms with E-state index in [1.807, 2.05) is 13.1 Å². The molecule has 1 aromatic carbocycles. The van der Waals surface area contributed by atoms with Gasteiger partial charge in [-0.15, -0.1) is 0 Å². The number of halogens is 1. The van der Waals surface area contributed by atoms with Crippen molar-refractivity contribution in [3.63, 3.8) is 0 Å². The number of carbonyl (C=O) groups excluding carboxylic acids is 1.